The number of benzene rings is 1. The van der Waals surface area contributed by atoms with Crippen LogP contribution in [0.25, 0.3) is 10.9 Å². The van der Waals surface area contributed by atoms with Gasteiger partial charge in [-0.15, -0.1) is 0 Å². The molecule has 0 spiro atoms. The Labute approximate surface area is 191 Å². The number of hydrogen-bond donors (Lipinski definition) is 2. The lowest BCUT2D eigenvalue weighted by atomic mass is 10.0. The fraction of sp³-hybridized carbons (Fsp3) is 0.417. The minimum Gasteiger partial charge on any atom is -0.378 e. The minimum absolute atomic E-state index is 0.0118. The van der Waals surface area contributed by atoms with Crippen LogP contribution in [0.4, 0.5) is 11.5 Å². The van der Waals surface area contributed by atoms with Gasteiger partial charge in [0, 0.05) is 37.6 Å². The summed E-state index contributed by atoms with van der Waals surface area (Å²) in [6.07, 6.45) is 4.20. The molecule has 1 aliphatic carbocycles. The molecular formula is C24H26N6O3. The number of amides is 1. The van der Waals surface area contributed by atoms with Gasteiger partial charge in [0.25, 0.3) is 11.5 Å². The molecule has 9 heteroatoms. The Kier molecular flexibility index (Phi) is 5.38. The standard InChI is InChI=1S/C24H26N6O3/c1-14-11-16(5-6-18(14)24(32)29-12-17(13-29)33-2)27-22-21-20(8-10-26-23(21)31)30(28-22)19(7-9-25)15-3-4-15/h5-6,8,10-11,15,17,19H,3-4,7,12-13H2,1-2H3,(H,26,31)(H,27,28)/t19-/m0/s1. The number of ether oxygens (including phenoxy) is 1. The van der Waals surface area contributed by atoms with Crippen molar-refractivity contribution in [2.45, 2.75) is 38.3 Å². The fourth-order valence-electron chi connectivity index (χ4n) is 4.51. The molecule has 0 unspecified atom stereocenters. The first-order valence-electron chi connectivity index (χ1n) is 11.2. The molecule has 2 N–H and O–H groups in total. The van der Waals surface area contributed by atoms with Gasteiger partial charge in [0.1, 0.15) is 5.39 Å². The van der Waals surface area contributed by atoms with Crippen molar-refractivity contribution in [2.24, 2.45) is 5.92 Å². The molecule has 9 nitrogen and oxygen atoms in total. The van der Waals surface area contributed by atoms with Gasteiger partial charge in [-0.3, -0.25) is 14.3 Å². The summed E-state index contributed by atoms with van der Waals surface area (Å²) >= 11 is 0. The summed E-state index contributed by atoms with van der Waals surface area (Å²) < 4.78 is 7.08. The lowest BCUT2D eigenvalue weighted by Crippen LogP contribution is -2.54. The number of nitriles is 1. The summed E-state index contributed by atoms with van der Waals surface area (Å²) in [7, 11) is 1.65. The van der Waals surface area contributed by atoms with Gasteiger partial charge in [-0.1, -0.05) is 0 Å². The molecule has 2 fully saturated rings. The lowest BCUT2D eigenvalue weighted by molar-refractivity contribution is -0.0192. The van der Waals surface area contributed by atoms with E-state index in [0.717, 1.165) is 24.1 Å². The molecule has 0 radical (unpaired) electrons. The molecule has 170 valence electrons. The first-order valence-corrected chi connectivity index (χ1v) is 11.2. The van der Waals surface area contributed by atoms with E-state index in [9.17, 15) is 14.9 Å². The van der Waals surface area contributed by atoms with E-state index in [1.807, 2.05) is 29.8 Å². The van der Waals surface area contributed by atoms with Crippen LogP contribution >= 0.6 is 0 Å². The molecule has 3 heterocycles. The summed E-state index contributed by atoms with van der Waals surface area (Å²) in [5.74, 6) is 0.841. The number of rotatable bonds is 7. The molecule has 1 aliphatic heterocycles. The van der Waals surface area contributed by atoms with Crippen LogP contribution in [0.3, 0.4) is 0 Å². The first-order chi connectivity index (χ1) is 16.0. The Morgan fingerprint density at radius 3 is 2.82 bits per heavy atom. The number of aromatic nitrogens is 3. The maximum absolute atomic E-state index is 12.8. The Morgan fingerprint density at radius 1 is 1.36 bits per heavy atom. The van der Waals surface area contributed by atoms with Crippen LogP contribution < -0.4 is 10.9 Å². The molecule has 1 aromatic carbocycles. The monoisotopic (exact) mass is 446 g/mol. The van der Waals surface area contributed by atoms with Crippen LogP contribution in [0.1, 0.15) is 41.2 Å². The topological polar surface area (TPSA) is 116 Å². The molecule has 2 aromatic heterocycles. The van der Waals surface area contributed by atoms with Crippen LogP contribution in [0.2, 0.25) is 0 Å². The maximum Gasteiger partial charge on any atom is 0.261 e. The number of methoxy groups -OCH3 is 1. The second-order valence-electron chi connectivity index (χ2n) is 8.85. The average molecular weight is 447 g/mol. The third kappa shape index (κ3) is 3.87. The predicted octanol–water partition coefficient (Wildman–Crippen LogP) is 3.11. The number of pyridine rings is 1. The van der Waals surface area contributed by atoms with E-state index in [4.69, 9.17) is 9.84 Å². The van der Waals surface area contributed by atoms with Crippen LogP contribution in [-0.2, 0) is 4.74 Å². The zero-order valence-electron chi connectivity index (χ0n) is 18.7. The van der Waals surface area contributed by atoms with Gasteiger partial charge < -0.3 is 19.9 Å². The van der Waals surface area contributed by atoms with Gasteiger partial charge in [0.2, 0.25) is 0 Å². The highest BCUT2D eigenvalue weighted by atomic mass is 16.5. The van der Waals surface area contributed by atoms with Crippen LogP contribution in [0.15, 0.2) is 35.3 Å². The highest BCUT2D eigenvalue weighted by molar-refractivity contribution is 5.97. The van der Waals surface area contributed by atoms with Gasteiger partial charge in [-0.25, -0.2) is 0 Å². The van der Waals surface area contributed by atoms with E-state index in [1.165, 1.54) is 0 Å². The number of carbonyl (C=O) groups excluding carboxylic acids is 1. The van der Waals surface area contributed by atoms with Crippen molar-refractivity contribution in [3.63, 3.8) is 0 Å². The maximum atomic E-state index is 12.8. The van der Waals surface area contributed by atoms with Crippen molar-refractivity contribution in [2.75, 3.05) is 25.5 Å². The molecular weight excluding hydrogens is 420 g/mol. The summed E-state index contributed by atoms with van der Waals surface area (Å²) in [4.78, 5) is 29.9. The summed E-state index contributed by atoms with van der Waals surface area (Å²) in [5.41, 5.74) is 2.69. The fourth-order valence-corrected chi connectivity index (χ4v) is 4.51. The summed E-state index contributed by atoms with van der Waals surface area (Å²) in [6, 6.07) is 9.55. The number of aryl methyl sites for hydroxylation is 1. The largest absolute Gasteiger partial charge is 0.378 e. The average Bonchev–Trinajstić information content (AvgIpc) is 3.54. The van der Waals surface area contributed by atoms with Crippen molar-refractivity contribution in [3.05, 3.63) is 51.9 Å². The molecule has 1 saturated heterocycles. The highest BCUT2D eigenvalue weighted by Gasteiger charge is 2.35. The third-order valence-electron chi connectivity index (χ3n) is 6.60. The second kappa shape index (κ2) is 8.37. The van der Waals surface area contributed by atoms with E-state index < -0.39 is 0 Å². The van der Waals surface area contributed by atoms with Crippen molar-refractivity contribution >= 4 is 28.3 Å². The molecule has 0 bridgehead atoms. The van der Waals surface area contributed by atoms with Gasteiger partial charge in [-0.05, 0) is 55.5 Å². The number of likely N-dealkylation sites (tertiary alicyclic amines) is 1. The molecule has 33 heavy (non-hydrogen) atoms. The molecule has 1 atom stereocenters. The Bertz CT molecular complexity index is 1310. The first kappa shape index (κ1) is 21.2. The quantitative estimate of drug-likeness (QED) is 0.576. The Morgan fingerprint density at radius 2 is 2.15 bits per heavy atom. The van der Waals surface area contributed by atoms with Gasteiger partial charge in [-0.2, -0.15) is 10.4 Å². The van der Waals surface area contributed by atoms with Crippen molar-refractivity contribution < 1.29 is 9.53 Å². The zero-order valence-corrected chi connectivity index (χ0v) is 18.7. The van der Waals surface area contributed by atoms with E-state index in [2.05, 4.69) is 16.4 Å². The van der Waals surface area contributed by atoms with Crippen molar-refractivity contribution in [1.82, 2.24) is 19.7 Å². The van der Waals surface area contributed by atoms with Gasteiger partial charge >= 0.3 is 0 Å². The van der Waals surface area contributed by atoms with Crippen LogP contribution in [0, 0.1) is 24.2 Å². The summed E-state index contributed by atoms with van der Waals surface area (Å²) in [5, 5.41) is 17.8. The number of carbonyl (C=O) groups is 1. The predicted molar refractivity (Wildman–Crippen MR) is 124 cm³/mol. The molecule has 5 rings (SSSR count). The highest BCUT2D eigenvalue weighted by Crippen LogP contribution is 2.43. The molecule has 3 aromatic rings. The number of aromatic amines is 1. The zero-order chi connectivity index (χ0) is 23.1. The van der Waals surface area contributed by atoms with E-state index in [-0.39, 0.29) is 23.6 Å². The number of anilines is 2. The van der Waals surface area contributed by atoms with Gasteiger partial charge in [0.15, 0.2) is 5.82 Å². The molecule has 2 aliphatic rings. The number of nitrogens with zero attached hydrogens (tertiary/aromatic N) is 4. The van der Waals surface area contributed by atoms with E-state index in [0.29, 0.717) is 47.7 Å². The van der Waals surface area contributed by atoms with Crippen molar-refractivity contribution in [3.8, 4) is 6.07 Å². The van der Waals surface area contributed by atoms with Crippen molar-refractivity contribution in [1.29, 1.82) is 5.26 Å². The summed E-state index contributed by atoms with van der Waals surface area (Å²) in [6.45, 7) is 3.10. The SMILES string of the molecule is COC1CN(C(=O)c2ccc(Nc3nn([C@@H](CC#N)C4CC4)c4cc[nH]c(=O)c34)cc2C)C1. The number of H-pyrrole nitrogens is 1. The van der Waals surface area contributed by atoms with Gasteiger partial charge in [0.05, 0.1) is 30.2 Å². The normalized spacial score (nSPS) is 16.9. The third-order valence-corrected chi connectivity index (χ3v) is 6.60. The van der Waals surface area contributed by atoms with E-state index in [1.54, 1.807) is 24.3 Å². The smallest absolute Gasteiger partial charge is 0.261 e. The Balaban J connectivity index is 1.45. The number of hydrogen-bond acceptors (Lipinski definition) is 6. The second-order valence-corrected chi connectivity index (χ2v) is 8.85. The molecule has 1 amide bonds. The minimum atomic E-state index is -0.234. The van der Waals surface area contributed by atoms with E-state index >= 15 is 0 Å². The lowest BCUT2D eigenvalue weighted by Gasteiger charge is -2.38. The molecule has 1 saturated carbocycles. The van der Waals surface area contributed by atoms with Crippen LogP contribution in [-0.4, -0.2) is 51.9 Å². The van der Waals surface area contributed by atoms with Crippen LogP contribution in [0.5, 0.6) is 0 Å². The number of nitrogens with one attached hydrogen (secondary N) is 2. The number of fused-ring (bicyclic) bond motifs is 1. The Hall–Kier alpha value is -3.64.